The molecule has 1 aliphatic carbocycles. The van der Waals surface area contributed by atoms with Gasteiger partial charge in [0.15, 0.2) is 11.5 Å². The Morgan fingerprint density at radius 3 is 2.16 bits per heavy atom. The number of hydrogen-bond donors (Lipinski definition) is 2. The Morgan fingerprint density at radius 1 is 0.955 bits per heavy atom. The van der Waals surface area contributed by atoms with E-state index in [9.17, 15) is 9.59 Å². The van der Waals surface area contributed by atoms with Crippen molar-refractivity contribution in [1.29, 1.82) is 0 Å². The summed E-state index contributed by atoms with van der Waals surface area (Å²) in [5, 5.41) is 6.31. The Kier molecular flexibility index (Phi) is 10.6. The van der Waals surface area contributed by atoms with Crippen molar-refractivity contribution >= 4 is 18.9 Å². The van der Waals surface area contributed by atoms with Crippen LogP contribution in [0.1, 0.15) is 71.1 Å². The van der Waals surface area contributed by atoms with Gasteiger partial charge in [-0.15, -0.1) is 0 Å². The van der Waals surface area contributed by atoms with E-state index in [0.29, 0.717) is 49.4 Å². The molecule has 1 unspecified atom stereocenters. The van der Waals surface area contributed by atoms with E-state index < -0.39 is 24.4 Å². The number of fused-ring (bicyclic) bond motifs is 1. The van der Waals surface area contributed by atoms with Gasteiger partial charge in [0, 0.05) is 17.9 Å². The third-order valence-electron chi connectivity index (χ3n) is 9.18. The van der Waals surface area contributed by atoms with Crippen molar-refractivity contribution in [1.82, 2.24) is 10.6 Å². The highest BCUT2D eigenvalue weighted by Gasteiger charge is 2.54. The van der Waals surface area contributed by atoms with Crippen LogP contribution in [-0.4, -0.2) is 63.4 Å². The highest BCUT2D eigenvalue weighted by molar-refractivity contribution is 6.48. The van der Waals surface area contributed by atoms with E-state index in [1.54, 1.807) is 21.3 Å². The SMILES string of the molecule is COc1cc2c(c(OC)c1OC)CC(C(=O)N[C@@H](Cc1ccccc1)C(=O)N[C@@H](CC(C)C)B1OC(C)(C)C(C)(C)O1)CC2. The lowest BCUT2D eigenvalue weighted by Gasteiger charge is -2.32. The Hall–Kier alpha value is -3.24. The highest BCUT2D eigenvalue weighted by Crippen LogP contribution is 2.45. The van der Waals surface area contributed by atoms with Crippen molar-refractivity contribution in [2.45, 2.75) is 96.8 Å². The molecule has 2 aromatic rings. The quantitative estimate of drug-likeness (QED) is 0.337. The monoisotopic (exact) mass is 608 g/mol. The Morgan fingerprint density at radius 2 is 1.59 bits per heavy atom. The molecule has 2 N–H and O–H groups in total. The Bertz CT molecular complexity index is 1300. The van der Waals surface area contributed by atoms with E-state index in [4.69, 9.17) is 23.5 Å². The number of nitrogens with one attached hydrogen (secondary N) is 2. The molecule has 1 fully saturated rings. The summed E-state index contributed by atoms with van der Waals surface area (Å²) in [4.78, 5) is 27.8. The minimum atomic E-state index is -0.782. The number of rotatable bonds is 12. The molecule has 10 heteroatoms. The van der Waals surface area contributed by atoms with Crippen LogP contribution in [0.4, 0.5) is 0 Å². The molecule has 3 atom stereocenters. The lowest BCUT2D eigenvalue weighted by Crippen LogP contribution is -2.56. The van der Waals surface area contributed by atoms with Gasteiger partial charge in [0.25, 0.3) is 0 Å². The smallest absolute Gasteiger partial charge is 0.481 e. The zero-order chi connectivity index (χ0) is 32.2. The molecule has 0 bridgehead atoms. The molecular formula is C34H49BN2O7. The lowest BCUT2D eigenvalue weighted by molar-refractivity contribution is -0.131. The van der Waals surface area contributed by atoms with Crippen molar-refractivity contribution in [3.63, 3.8) is 0 Å². The van der Waals surface area contributed by atoms with Crippen LogP contribution in [0.15, 0.2) is 36.4 Å². The third kappa shape index (κ3) is 7.34. The maximum atomic E-state index is 14.0. The summed E-state index contributed by atoms with van der Waals surface area (Å²) in [6.07, 6.45) is 2.81. The molecule has 1 aliphatic heterocycles. The van der Waals surface area contributed by atoms with E-state index in [-0.39, 0.29) is 29.6 Å². The van der Waals surface area contributed by atoms with Crippen molar-refractivity contribution in [2.24, 2.45) is 11.8 Å². The van der Waals surface area contributed by atoms with Gasteiger partial charge in [0.2, 0.25) is 17.6 Å². The summed E-state index contributed by atoms with van der Waals surface area (Å²) in [7, 11) is 4.16. The molecule has 9 nitrogen and oxygen atoms in total. The van der Waals surface area contributed by atoms with E-state index in [2.05, 4.69) is 24.5 Å². The topological polar surface area (TPSA) is 104 Å². The molecule has 2 aromatic carbocycles. The molecule has 240 valence electrons. The second-order valence-corrected chi connectivity index (χ2v) is 13.3. The van der Waals surface area contributed by atoms with Gasteiger partial charge in [-0.3, -0.25) is 9.59 Å². The minimum absolute atomic E-state index is 0.167. The summed E-state index contributed by atoms with van der Waals surface area (Å²) in [5.74, 6) is 0.828. The van der Waals surface area contributed by atoms with Gasteiger partial charge < -0.3 is 34.2 Å². The molecule has 0 radical (unpaired) electrons. The first-order valence-corrected chi connectivity index (χ1v) is 15.6. The normalized spacial score (nSPS) is 20.0. The number of aryl methyl sites for hydroxylation is 1. The summed E-state index contributed by atoms with van der Waals surface area (Å²) in [6, 6.07) is 10.9. The third-order valence-corrected chi connectivity index (χ3v) is 9.18. The number of methoxy groups -OCH3 is 3. The van der Waals surface area contributed by atoms with Crippen LogP contribution in [0.25, 0.3) is 0 Å². The van der Waals surface area contributed by atoms with Crippen molar-refractivity contribution in [3.8, 4) is 17.2 Å². The van der Waals surface area contributed by atoms with Crippen LogP contribution in [0.2, 0.25) is 0 Å². The van der Waals surface area contributed by atoms with Gasteiger partial charge >= 0.3 is 7.12 Å². The Balaban J connectivity index is 1.56. The number of ether oxygens (including phenoxy) is 3. The number of amides is 2. The standard InChI is InChI=1S/C34H49BN2O7/c1-21(2)17-28(35-43-33(3,4)34(5,6)44-35)37-32(39)26(18-22-13-11-10-12-14-22)36-31(38)24-16-15-23-20-27(40-7)30(42-9)29(41-8)25(23)19-24/h10-14,20-21,24,26,28H,15-19H2,1-9H3,(H,36,38)(H,37,39)/t24?,26-,28-/m0/s1. The average Bonchev–Trinajstić information content (AvgIpc) is 3.21. The fourth-order valence-corrected chi connectivity index (χ4v) is 6.05. The second kappa shape index (κ2) is 13.8. The molecule has 2 amide bonds. The first-order valence-electron chi connectivity index (χ1n) is 15.6. The first-order chi connectivity index (χ1) is 20.8. The maximum absolute atomic E-state index is 14.0. The van der Waals surface area contributed by atoms with Crippen LogP contribution in [0.5, 0.6) is 17.2 Å². The number of carbonyl (C=O) groups excluding carboxylic acids is 2. The molecule has 4 rings (SSSR count). The van der Waals surface area contributed by atoms with Crippen LogP contribution >= 0.6 is 0 Å². The number of hydrogen-bond acceptors (Lipinski definition) is 7. The maximum Gasteiger partial charge on any atom is 0.481 e. The average molecular weight is 609 g/mol. The minimum Gasteiger partial charge on any atom is -0.493 e. The van der Waals surface area contributed by atoms with Gasteiger partial charge in [0.05, 0.1) is 38.5 Å². The van der Waals surface area contributed by atoms with E-state index in [1.165, 1.54) is 0 Å². The van der Waals surface area contributed by atoms with Crippen LogP contribution in [-0.2, 0) is 38.2 Å². The predicted molar refractivity (Wildman–Crippen MR) is 171 cm³/mol. The molecule has 2 aliphatic rings. The van der Waals surface area contributed by atoms with Gasteiger partial charge in [0.1, 0.15) is 6.04 Å². The summed E-state index contributed by atoms with van der Waals surface area (Å²) in [6.45, 7) is 12.2. The van der Waals surface area contributed by atoms with E-state index in [0.717, 1.165) is 16.7 Å². The number of benzene rings is 2. The van der Waals surface area contributed by atoms with Crippen LogP contribution in [0.3, 0.4) is 0 Å². The molecule has 0 spiro atoms. The highest BCUT2D eigenvalue weighted by atomic mass is 16.7. The molecule has 1 heterocycles. The van der Waals surface area contributed by atoms with E-state index in [1.807, 2.05) is 64.1 Å². The summed E-state index contributed by atoms with van der Waals surface area (Å²) < 4.78 is 29.5. The summed E-state index contributed by atoms with van der Waals surface area (Å²) >= 11 is 0. The van der Waals surface area contributed by atoms with Gasteiger partial charge in [-0.25, -0.2) is 0 Å². The van der Waals surface area contributed by atoms with Crippen molar-refractivity contribution < 1.29 is 33.1 Å². The van der Waals surface area contributed by atoms with Crippen molar-refractivity contribution in [3.05, 3.63) is 53.1 Å². The van der Waals surface area contributed by atoms with Crippen LogP contribution in [0, 0.1) is 11.8 Å². The molecule has 0 aromatic heterocycles. The molecule has 44 heavy (non-hydrogen) atoms. The van der Waals surface area contributed by atoms with Crippen molar-refractivity contribution in [2.75, 3.05) is 21.3 Å². The number of carbonyl (C=O) groups is 2. The first kappa shape index (κ1) is 33.7. The lowest BCUT2D eigenvalue weighted by atomic mass is 9.73. The zero-order valence-electron chi connectivity index (χ0n) is 27.7. The van der Waals surface area contributed by atoms with Gasteiger partial charge in [-0.2, -0.15) is 0 Å². The van der Waals surface area contributed by atoms with Gasteiger partial charge in [-0.05, 0) is 76.5 Å². The molecule has 1 saturated heterocycles. The van der Waals surface area contributed by atoms with Gasteiger partial charge in [-0.1, -0.05) is 44.2 Å². The zero-order valence-corrected chi connectivity index (χ0v) is 27.7. The predicted octanol–water partition coefficient (Wildman–Crippen LogP) is 4.71. The molecule has 0 saturated carbocycles. The second-order valence-electron chi connectivity index (χ2n) is 13.3. The largest absolute Gasteiger partial charge is 0.493 e. The summed E-state index contributed by atoms with van der Waals surface area (Å²) in [5.41, 5.74) is 1.90. The Labute approximate surface area is 262 Å². The fourth-order valence-electron chi connectivity index (χ4n) is 6.05. The van der Waals surface area contributed by atoms with Crippen LogP contribution < -0.4 is 24.8 Å². The molecular weight excluding hydrogens is 559 g/mol. The van der Waals surface area contributed by atoms with E-state index >= 15 is 0 Å². The fraction of sp³-hybridized carbons (Fsp3) is 0.588.